The van der Waals surface area contributed by atoms with E-state index in [-0.39, 0.29) is 5.54 Å². The van der Waals surface area contributed by atoms with E-state index in [2.05, 4.69) is 34.2 Å². The predicted molar refractivity (Wildman–Crippen MR) is 110 cm³/mol. The van der Waals surface area contributed by atoms with Gasteiger partial charge in [0.05, 0.1) is 15.4 Å². The molecule has 0 aliphatic heterocycles. The molecule has 148 valence electrons. The molecule has 1 aromatic carbocycles. The van der Waals surface area contributed by atoms with E-state index in [0.717, 1.165) is 22.7 Å². The molecule has 2 aromatic rings. The van der Waals surface area contributed by atoms with Gasteiger partial charge < -0.3 is 10.4 Å². The molecule has 1 saturated carbocycles. The summed E-state index contributed by atoms with van der Waals surface area (Å²) in [7, 11) is 0. The highest BCUT2D eigenvalue weighted by Crippen LogP contribution is 2.42. The maximum atomic E-state index is 13.3. The summed E-state index contributed by atoms with van der Waals surface area (Å²) in [6.07, 6.45) is 6.12. The van der Waals surface area contributed by atoms with Gasteiger partial charge in [-0.1, -0.05) is 19.3 Å². The Hall–Kier alpha value is -0.820. The normalized spacial score (nSPS) is 17.8. The van der Waals surface area contributed by atoms with Crippen LogP contribution in [0.5, 0.6) is 0 Å². The lowest BCUT2D eigenvalue weighted by molar-refractivity contribution is 0.133. The van der Waals surface area contributed by atoms with Crippen molar-refractivity contribution in [2.24, 2.45) is 0 Å². The maximum absolute atomic E-state index is 13.3. The number of benzene rings is 1. The Morgan fingerprint density at radius 2 is 1.81 bits per heavy atom. The first kappa shape index (κ1) is 20.9. The molecule has 1 heterocycles. The average molecular weight is 458 g/mol. The van der Waals surface area contributed by atoms with Crippen molar-refractivity contribution in [1.82, 2.24) is 5.32 Å². The van der Waals surface area contributed by atoms with E-state index in [1.165, 1.54) is 41.8 Å². The first-order chi connectivity index (χ1) is 12.9. The van der Waals surface area contributed by atoms with E-state index in [1.807, 2.05) is 0 Å². The molecule has 0 radical (unpaired) electrons. The van der Waals surface area contributed by atoms with Crippen LogP contribution in [0.2, 0.25) is 0 Å². The molecule has 2 N–H and O–H groups in total. The smallest absolute Gasteiger partial charge is 0.126 e. The molecule has 27 heavy (non-hydrogen) atoms. The number of rotatable bonds is 7. The van der Waals surface area contributed by atoms with Crippen molar-refractivity contribution in [1.29, 1.82) is 0 Å². The van der Waals surface area contributed by atoms with Gasteiger partial charge in [0.15, 0.2) is 0 Å². The van der Waals surface area contributed by atoms with Gasteiger partial charge in [0.1, 0.15) is 11.6 Å². The Morgan fingerprint density at radius 3 is 2.41 bits per heavy atom. The fourth-order valence-electron chi connectivity index (χ4n) is 3.87. The number of hydrogen-bond acceptors (Lipinski definition) is 3. The Balaban J connectivity index is 1.61. The van der Waals surface area contributed by atoms with Crippen molar-refractivity contribution >= 4 is 27.3 Å². The van der Waals surface area contributed by atoms with Crippen LogP contribution in [0.3, 0.4) is 0 Å². The van der Waals surface area contributed by atoms with E-state index in [0.29, 0.717) is 24.9 Å². The quantitative estimate of drug-likeness (QED) is 0.547. The minimum atomic E-state index is -0.572. The third kappa shape index (κ3) is 5.37. The number of thiophene rings is 1. The maximum Gasteiger partial charge on any atom is 0.126 e. The highest BCUT2D eigenvalue weighted by atomic mass is 79.9. The molecule has 0 spiro atoms. The molecule has 0 bridgehead atoms. The average Bonchev–Trinajstić information content (AvgIpc) is 2.98. The van der Waals surface area contributed by atoms with Gasteiger partial charge in [-0.05, 0) is 77.9 Å². The van der Waals surface area contributed by atoms with Gasteiger partial charge in [-0.2, -0.15) is 0 Å². The summed E-state index contributed by atoms with van der Waals surface area (Å²) in [5.41, 5.74) is 1.75. The van der Waals surface area contributed by atoms with Crippen molar-refractivity contribution in [3.8, 4) is 0 Å². The van der Waals surface area contributed by atoms with Gasteiger partial charge >= 0.3 is 0 Å². The monoisotopic (exact) mass is 457 g/mol. The van der Waals surface area contributed by atoms with E-state index >= 15 is 0 Å². The van der Waals surface area contributed by atoms with Gasteiger partial charge in [-0.3, -0.25) is 0 Å². The van der Waals surface area contributed by atoms with Gasteiger partial charge in [0.2, 0.25) is 0 Å². The molecule has 1 atom stereocenters. The van der Waals surface area contributed by atoms with Crippen LogP contribution in [0.15, 0.2) is 28.1 Å². The van der Waals surface area contributed by atoms with Crippen molar-refractivity contribution in [2.45, 2.75) is 63.5 Å². The van der Waals surface area contributed by atoms with E-state index in [9.17, 15) is 13.9 Å². The number of aliphatic hydroxyl groups excluding tert-OH is 1. The summed E-state index contributed by atoms with van der Waals surface area (Å²) in [5.74, 6) is -1.14. The zero-order chi connectivity index (χ0) is 19.4. The molecule has 2 nitrogen and oxygen atoms in total. The SMILES string of the molecule is Cc1cc(C2(NCC(O)CCc3cc(F)cc(F)c3)CCCCC2)sc1Br. The van der Waals surface area contributed by atoms with Gasteiger partial charge in [0.25, 0.3) is 0 Å². The van der Waals surface area contributed by atoms with Gasteiger partial charge in [-0.15, -0.1) is 11.3 Å². The summed E-state index contributed by atoms with van der Waals surface area (Å²) in [4.78, 5) is 1.32. The van der Waals surface area contributed by atoms with Crippen LogP contribution in [0, 0.1) is 18.6 Å². The summed E-state index contributed by atoms with van der Waals surface area (Å²) in [6, 6.07) is 5.78. The fourth-order valence-corrected chi connectivity index (χ4v) is 5.62. The number of aliphatic hydroxyl groups is 1. The summed E-state index contributed by atoms with van der Waals surface area (Å²) in [5, 5.41) is 14.1. The fraction of sp³-hybridized carbons (Fsp3) is 0.524. The third-order valence-corrected chi connectivity index (χ3v) is 7.74. The largest absolute Gasteiger partial charge is 0.392 e. The van der Waals surface area contributed by atoms with Crippen molar-refractivity contribution in [3.63, 3.8) is 0 Å². The molecular formula is C21H26BrF2NOS. The summed E-state index contributed by atoms with van der Waals surface area (Å²) >= 11 is 5.40. The van der Waals surface area contributed by atoms with Crippen LogP contribution in [-0.2, 0) is 12.0 Å². The van der Waals surface area contributed by atoms with Crippen molar-refractivity contribution in [2.75, 3.05) is 6.54 Å². The minimum absolute atomic E-state index is 0.0777. The molecule has 1 unspecified atom stereocenters. The highest BCUT2D eigenvalue weighted by molar-refractivity contribution is 9.11. The first-order valence-electron chi connectivity index (χ1n) is 9.52. The van der Waals surface area contributed by atoms with E-state index in [1.54, 1.807) is 11.3 Å². The van der Waals surface area contributed by atoms with Crippen LogP contribution in [0.4, 0.5) is 8.78 Å². The first-order valence-corrected chi connectivity index (χ1v) is 11.1. The second-order valence-electron chi connectivity index (χ2n) is 7.56. The summed E-state index contributed by atoms with van der Waals surface area (Å²) < 4.78 is 27.8. The standard InChI is InChI=1S/C21H26BrF2NOS/c1-14-9-19(27-20(14)22)21(7-3-2-4-8-21)25-13-18(26)6-5-15-10-16(23)12-17(24)11-15/h9-12,18,25-26H,2-8,13H2,1H3. The van der Waals surface area contributed by atoms with Crippen LogP contribution < -0.4 is 5.32 Å². The predicted octanol–water partition coefficient (Wildman–Crippen LogP) is 5.84. The second-order valence-corrected chi connectivity index (χ2v) is 9.93. The molecule has 1 fully saturated rings. The third-order valence-electron chi connectivity index (χ3n) is 5.40. The van der Waals surface area contributed by atoms with E-state index < -0.39 is 17.7 Å². The van der Waals surface area contributed by atoms with Crippen molar-refractivity contribution in [3.05, 3.63) is 55.7 Å². The lowest BCUT2D eigenvalue weighted by Crippen LogP contribution is -2.46. The molecule has 3 rings (SSSR count). The topological polar surface area (TPSA) is 32.3 Å². The van der Waals surface area contributed by atoms with Crippen molar-refractivity contribution < 1.29 is 13.9 Å². The molecule has 1 aromatic heterocycles. The lowest BCUT2D eigenvalue weighted by atomic mass is 9.80. The zero-order valence-electron chi connectivity index (χ0n) is 15.5. The molecule has 6 heteroatoms. The zero-order valence-corrected chi connectivity index (χ0v) is 17.9. The van der Waals surface area contributed by atoms with Gasteiger partial charge in [-0.25, -0.2) is 8.78 Å². The Labute approximate surface area is 172 Å². The Kier molecular flexibility index (Phi) is 7.06. The number of nitrogens with one attached hydrogen (secondary N) is 1. The van der Waals surface area contributed by atoms with Crippen LogP contribution in [0.1, 0.15) is 54.5 Å². The molecule has 0 amide bonds. The van der Waals surface area contributed by atoms with Gasteiger partial charge in [0, 0.05) is 17.5 Å². The second kappa shape index (κ2) is 9.12. The number of hydrogen-bond donors (Lipinski definition) is 2. The summed E-state index contributed by atoms with van der Waals surface area (Å²) in [6.45, 7) is 2.58. The molecular weight excluding hydrogens is 432 g/mol. The van der Waals surface area contributed by atoms with Crippen LogP contribution >= 0.6 is 27.3 Å². The number of halogens is 3. The molecule has 1 aliphatic rings. The lowest BCUT2D eigenvalue weighted by Gasteiger charge is -2.38. The molecule has 0 saturated heterocycles. The Bertz CT molecular complexity index is 734. The molecule has 1 aliphatic carbocycles. The van der Waals surface area contributed by atoms with Crippen LogP contribution in [-0.4, -0.2) is 17.8 Å². The van der Waals surface area contributed by atoms with E-state index in [4.69, 9.17) is 0 Å². The Morgan fingerprint density at radius 1 is 1.15 bits per heavy atom. The highest BCUT2D eigenvalue weighted by Gasteiger charge is 2.35. The minimum Gasteiger partial charge on any atom is -0.392 e. The van der Waals surface area contributed by atoms with Crippen LogP contribution in [0.25, 0.3) is 0 Å². The number of aryl methyl sites for hydroxylation is 2.